The average Bonchev–Trinajstić information content (AvgIpc) is 3.19. The second-order valence-corrected chi connectivity index (χ2v) is 5.51. The molecule has 0 atom stereocenters. The van der Waals surface area contributed by atoms with Crippen molar-refractivity contribution in [2.75, 3.05) is 17.2 Å². The number of aromatic amines is 1. The van der Waals surface area contributed by atoms with Crippen LogP contribution in [-0.2, 0) is 0 Å². The monoisotopic (exact) mass is 344 g/mol. The van der Waals surface area contributed by atoms with Crippen LogP contribution in [0.1, 0.15) is 5.69 Å². The minimum absolute atomic E-state index is 0.217. The first-order valence-corrected chi connectivity index (χ1v) is 7.59. The van der Waals surface area contributed by atoms with Crippen LogP contribution in [-0.4, -0.2) is 33.1 Å². The van der Waals surface area contributed by atoms with Gasteiger partial charge in [0.15, 0.2) is 11.4 Å². The van der Waals surface area contributed by atoms with Crippen molar-refractivity contribution in [3.05, 3.63) is 36.2 Å². The number of halogens is 2. The molecule has 0 radical (unpaired) electrons. The van der Waals surface area contributed by atoms with E-state index >= 15 is 0 Å². The number of hydrogen-bond acceptors (Lipinski definition) is 6. The molecule has 0 saturated carbocycles. The summed E-state index contributed by atoms with van der Waals surface area (Å²) in [5, 5.41) is 13.8. The summed E-state index contributed by atoms with van der Waals surface area (Å²) >= 11 is 0. The number of furan rings is 1. The van der Waals surface area contributed by atoms with E-state index < -0.39 is 13.0 Å². The molecule has 0 saturated heterocycles. The molecule has 9 heteroatoms. The van der Waals surface area contributed by atoms with Gasteiger partial charge in [0.05, 0.1) is 18.3 Å². The summed E-state index contributed by atoms with van der Waals surface area (Å²) in [6, 6.07) is 7.31. The molecule has 4 rings (SSSR count). The van der Waals surface area contributed by atoms with Crippen molar-refractivity contribution in [2.24, 2.45) is 0 Å². The van der Waals surface area contributed by atoms with E-state index in [2.05, 4.69) is 30.8 Å². The Morgan fingerprint density at radius 3 is 2.92 bits per heavy atom. The molecule has 25 heavy (non-hydrogen) atoms. The number of rotatable bonds is 5. The largest absolute Gasteiger partial charge is 0.459 e. The van der Waals surface area contributed by atoms with Crippen LogP contribution in [0.15, 0.2) is 34.9 Å². The van der Waals surface area contributed by atoms with Gasteiger partial charge in [0.25, 0.3) is 6.43 Å². The van der Waals surface area contributed by atoms with E-state index in [-0.39, 0.29) is 11.8 Å². The second kappa shape index (κ2) is 6.00. The van der Waals surface area contributed by atoms with Crippen molar-refractivity contribution in [1.29, 1.82) is 0 Å². The topological polar surface area (TPSA) is 91.7 Å². The average molecular weight is 344 g/mol. The van der Waals surface area contributed by atoms with Crippen molar-refractivity contribution in [2.45, 2.75) is 13.3 Å². The van der Waals surface area contributed by atoms with E-state index in [1.54, 1.807) is 6.07 Å². The third-order valence-corrected chi connectivity index (χ3v) is 3.73. The van der Waals surface area contributed by atoms with Gasteiger partial charge in [-0.3, -0.25) is 5.10 Å². The third kappa shape index (κ3) is 2.95. The highest BCUT2D eigenvalue weighted by Crippen LogP contribution is 2.26. The fourth-order valence-electron chi connectivity index (χ4n) is 2.57. The molecular formula is C16H14F2N6O. The van der Waals surface area contributed by atoms with Crippen LogP contribution in [0.4, 0.5) is 26.2 Å². The zero-order valence-electron chi connectivity index (χ0n) is 13.2. The lowest BCUT2D eigenvalue weighted by atomic mass is 10.2. The van der Waals surface area contributed by atoms with Crippen LogP contribution in [0.2, 0.25) is 0 Å². The van der Waals surface area contributed by atoms with Crippen LogP contribution in [0.3, 0.4) is 0 Å². The lowest BCUT2D eigenvalue weighted by Gasteiger charge is -2.09. The van der Waals surface area contributed by atoms with Crippen LogP contribution in [0.25, 0.3) is 22.0 Å². The van der Waals surface area contributed by atoms with Crippen LogP contribution >= 0.6 is 0 Å². The minimum Gasteiger partial charge on any atom is -0.459 e. The molecule has 0 unspecified atom stereocenters. The first-order valence-electron chi connectivity index (χ1n) is 7.59. The summed E-state index contributed by atoms with van der Waals surface area (Å²) in [7, 11) is 0. The Morgan fingerprint density at radius 2 is 2.08 bits per heavy atom. The van der Waals surface area contributed by atoms with Crippen LogP contribution in [0, 0.1) is 6.92 Å². The molecular weight excluding hydrogens is 330 g/mol. The predicted molar refractivity (Wildman–Crippen MR) is 90.4 cm³/mol. The molecule has 4 aromatic rings. The van der Waals surface area contributed by atoms with Gasteiger partial charge in [-0.2, -0.15) is 10.1 Å². The Morgan fingerprint density at radius 1 is 1.20 bits per heavy atom. The van der Waals surface area contributed by atoms with Gasteiger partial charge in [0.2, 0.25) is 5.95 Å². The van der Waals surface area contributed by atoms with Crippen molar-refractivity contribution < 1.29 is 13.2 Å². The number of anilines is 3. The number of nitrogens with one attached hydrogen (secondary N) is 3. The number of fused-ring (bicyclic) bond motifs is 2. The smallest absolute Gasteiger partial charge is 0.255 e. The quantitative estimate of drug-likeness (QED) is 0.510. The first-order chi connectivity index (χ1) is 12.1. The number of nitrogens with zero attached hydrogens (tertiary/aromatic N) is 3. The van der Waals surface area contributed by atoms with E-state index in [0.717, 1.165) is 22.3 Å². The highest BCUT2D eigenvalue weighted by atomic mass is 19.3. The Kier molecular flexibility index (Phi) is 3.68. The number of hydrogen-bond donors (Lipinski definition) is 3. The Bertz CT molecular complexity index is 1040. The summed E-state index contributed by atoms with van der Waals surface area (Å²) < 4.78 is 30.2. The molecule has 0 aliphatic rings. The standard InChI is InChI=1S/C16H14F2N6O/c1-8-10-3-2-9(6-12(10)24-23-8)20-16-21-11-4-5-25-14(11)15(22-16)19-7-13(17)18/h2-6,13H,7H2,1H3,(H,23,24)(H2,19,20,21,22). The molecule has 0 aliphatic carbocycles. The van der Waals surface area contributed by atoms with Gasteiger partial charge in [0, 0.05) is 22.8 Å². The molecule has 0 spiro atoms. The van der Waals surface area contributed by atoms with Gasteiger partial charge in [-0.25, -0.2) is 13.8 Å². The predicted octanol–water partition coefficient (Wildman–Crippen LogP) is 3.83. The van der Waals surface area contributed by atoms with E-state index in [1.807, 2.05) is 25.1 Å². The molecule has 1 aromatic carbocycles. The minimum atomic E-state index is -2.50. The van der Waals surface area contributed by atoms with Gasteiger partial charge in [-0.15, -0.1) is 0 Å². The van der Waals surface area contributed by atoms with Crippen LogP contribution in [0.5, 0.6) is 0 Å². The molecule has 0 aliphatic heterocycles. The van der Waals surface area contributed by atoms with Crippen LogP contribution < -0.4 is 10.6 Å². The number of H-pyrrole nitrogens is 1. The summed E-state index contributed by atoms with van der Waals surface area (Å²) in [5.74, 6) is 0.492. The van der Waals surface area contributed by atoms with Crippen molar-refractivity contribution >= 4 is 39.5 Å². The fraction of sp³-hybridized carbons (Fsp3) is 0.188. The van der Waals surface area contributed by atoms with Crippen molar-refractivity contribution in [1.82, 2.24) is 20.2 Å². The van der Waals surface area contributed by atoms with Gasteiger partial charge in [0.1, 0.15) is 5.52 Å². The van der Waals surface area contributed by atoms with E-state index in [9.17, 15) is 8.78 Å². The molecule has 3 heterocycles. The third-order valence-electron chi connectivity index (χ3n) is 3.73. The first kappa shape index (κ1) is 15.3. The molecule has 0 amide bonds. The van der Waals surface area contributed by atoms with E-state index in [4.69, 9.17) is 4.42 Å². The van der Waals surface area contributed by atoms with Gasteiger partial charge >= 0.3 is 0 Å². The zero-order valence-corrected chi connectivity index (χ0v) is 13.2. The number of aryl methyl sites for hydroxylation is 1. The molecule has 128 valence electrons. The summed E-state index contributed by atoms with van der Waals surface area (Å²) in [4.78, 5) is 8.57. The van der Waals surface area contributed by atoms with Gasteiger partial charge in [-0.05, 0) is 25.1 Å². The number of benzene rings is 1. The maximum Gasteiger partial charge on any atom is 0.255 e. The lowest BCUT2D eigenvalue weighted by molar-refractivity contribution is 0.163. The van der Waals surface area contributed by atoms with E-state index in [1.165, 1.54) is 6.26 Å². The molecule has 3 aromatic heterocycles. The highest BCUT2D eigenvalue weighted by molar-refractivity contribution is 5.87. The Balaban J connectivity index is 1.67. The van der Waals surface area contributed by atoms with Gasteiger partial charge < -0.3 is 15.1 Å². The van der Waals surface area contributed by atoms with Crippen molar-refractivity contribution in [3.8, 4) is 0 Å². The SMILES string of the molecule is Cc1[nH]nc2cc(Nc3nc(NCC(F)F)c4occc4n3)ccc12. The summed E-state index contributed by atoms with van der Waals surface area (Å²) in [6.07, 6.45) is -1.06. The number of aromatic nitrogens is 4. The molecule has 0 fully saturated rings. The zero-order chi connectivity index (χ0) is 17.4. The molecule has 3 N–H and O–H groups in total. The molecule has 0 bridgehead atoms. The van der Waals surface area contributed by atoms with Crippen molar-refractivity contribution in [3.63, 3.8) is 0 Å². The normalized spacial score (nSPS) is 11.5. The lowest BCUT2D eigenvalue weighted by Crippen LogP contribution is -2.12. The maximum atomic E-state index is 12.5. The summed E-state index contributed by atoms with van der Waals surface area (Å²) in [5.41, 5.74) is 3.39. The Labute approximate surface area is 140 Å². The molecule has 7 nitrogen and oxygen atoms in total. The van der Waals surface area contributed by atoms with Gasteiger partial charge in [-0.1, -0.05) is 0 Å². The fourth-order valence-corrected chi connectivity index (χ4v) is 2.57. The summed E-state index contributed by atoms with van der Waals surface area (Å²) in [6.45, 7) is 1.42. The Hall–Kier alpha value is -3.23. The maximum absolute atomic E-state index is 12.5. The highest BCUT2D eigenvalue weighted by Gasteiger charge is 2.13. The van der Waals surface area contributed by atoms with E-state index in [0.29, 0.717) is 11.1 Å². The number of alkyl halides is 2. The second-order valence-electron chi connectivity index (χ2n) is 5.51.